The van der Waals surface area contributed by atoms with Crippen LogP contribution in [0.25, 0.3) is 21.5 Å². The highest BCUT2D eigenvalue weighted by molar-refractivity contribution is 6.17. The molecule has 2 aliphatic heterocycles. The lowest BCUT2D eigenvalue weighted by Gasteiger charge is -2.35. The highest BCUT2D eigenvalue weighted by atomic mass is 16.5. The van der Waals surface area contributed by atoms with Gasteiger partial charge in [0.05, 0.1) is 17.5 Å². The topological polar surface area (TPSA) is 69.8 Å². The quantitative estimate of drug-likeness (QED) is 0.0395. The van der Waals surface area contributed by atoms with E-state index in [9.17, 15) is 14.7 Å². The Morgan fingerprint density at radius 3 is 1.95 bits per heavy atom. The van der Waals surface area contributed by atoms with Crippen molar-refractivity contribution in [1.29, 1.82) is 0 Å². The molecule has 57 heavy (non-hydrogen) atoms. The Balaban J connectivity index is 1.33. The number of carbonyl (C=O) groups excluding carboxylic acids is 1. The maximum absolute atomic E-state index is 12.4. The number of nitrogens with zero attached hydrogens (tertiary/aromatic N) is 2. The Morgan fingerprint density at radius 2 is 1.30 bits per heavy atom. The fourth-order valence-corrected chi connectivity index (χ4v) is 9.32. The summed E-state index contributed by atoms with van der Waals surface area (Å²) >= 11 is 0. The van der Waals surface area contributed by atoms with E-state index < -0.39 is 11.4 Å². The first-order chi connectivity index (χ1) is 27.8. The van der Waals surface area contributed by atoms with Crippen molar-refractivity contribution >= 4 is 51.1 Å². The van der Waals surface area contributed by atoms with Crippen LogP contribution < -0.4 is 4.90 Å². The monoisotopic (exact) mass is 751 g/mol. The van der Waals surface area contributed by atoms with Crippen LogP contribution in [0.2, 0.25) is 0 Å². The first-order valence-electron chi connectivity index (χ1n) is 19.7. The Kier molecular flexibility index (Phi) is 10.4. The second-order valence-electron chi connectivity index (χ2n) is 15.5. The molecule has 0 spiro atoms. The van der Waals surface area contributed by atoms with Crippen molar-refractivity contribution in [2.24, 2.45) is 0 Å². The highest BCUT2D eigenvalue weighted by Gasteiger charge is 2.49. The van der Waals surface area contributed by atoms with Gasteiger partial charge in [-0.25, -0.2) is 0 Å². The molecule has 8 rings (SSSR count). The number of rotatable bonds is 14. The molecular formula is C51H47N2O4+. The van der Waals surface area contributed by atoms with Crippen LogP contribution in [0, 0.1) is 0 Å². The van der Waals surface area contributed by atoms with E-state index in [0.29, 0.717) is 19.6 Å². The van der Waals surface area contributed by atoms with E-state index in [1.807, 2.05) is 6.07 Å². The van der Waals surface area contributed by atoms with Crippen LogP contribution in [0.5, 0.6) is 0 Å². The standard InChI is InChI=1S/C51H46N2O4/c1-50(2)43-26-16-17-27-44(43)52(32-33-57-36-54)45(50)28-10-5-11-29-46-51(34-37-18-6-3-7-19-37,35-38-20-8-4-9-21-38)48-41-24-14-12-22-39(41)40-23-13-15-25-42(40)49(48)53(46)31-30-47(55)56/h3-29,36H,30-35H2,1-2H3/p+1. The second kappa shape index (κ2) is 15.9. The van der Waals surface area contributed by atoms with E-state index >= 15 is 0 Å². The number of hydrogen-bond acceptors (Lipinski definition) is 4. The Hall–Kier alpha value is -6.53. The maximum atomic E-state index is 12.4. The minimum atomic E-state index is -0.830. The number of allylic oxidation sites excluding steroid dienone is 6. The molecule has 0 amide bonds. The van der Waals surface area contributed by atoms with Gasteiger partial charge in [0.1, 0.15) is 6.61 Å². The number of fused-ring (bicyclic) bond motifs is 7. The number of para-hydroxylation sites is 1. The van der Waals surface area contributed by atoms with E-state index in [0.717, 1.165) is 46.4 Å². The van der Waals surface area contributed by atoms with Gasteiger partial charge in [-0.15, -0.1) is 0 Å². The summed E-state index contributed by atoms with van der Waals surface area (Å²) in [4.78, 5) is 25.7. The van der Waals surface area contributed by atoms with Crippen molar-refractivity contribution in [1.82, 2.24) is 0 Å². The number of benzene rings is 6. The van der Waals surface area contributed by atoms with Crippen LogP contribution in [0.4, 0.5) is 11.4 Å². The van der Waals surface area contributed by atoms with Crippen molar-refractivity contribution in [2.75, 3.05) is 24.6 Å². The van der Waals surface area contributed by atoms with Gasteiger partial charge in [-0.3, -0.25) is 9.59 Å². The summed E-state index contributed by atoms with van der Waals surface area (Å²) in [5, 5.41) is 14.8. The van der Waals surface area contributed by atoms with E-state index in [2.05, 4.69) is 181 Å². The molecule has 2 heterocycles. The molecule has 0 unspecified atom stereocenters. The van der Waals surface area contributed by atoms with Crippen LogP contribution >= 0.6 is 0 Å². The zero-order valence-electron chi connectivity index (χ0n) is 32.5. The van der Waals surface area contributed by atoms with Crippen molar-refractivity contribution in [3.05, 3.63) is 192 Å². The molecule has 0 fully saturated rings. The smallest absolute Gasteiger partial charge is 0.305 e. The predicted octanol–water partition coefficient (Wildman–Crippen LogP) is 10.3. The van der Waals surface area contributed by atoms with Crippen LogP contribution in [0.3, 0.4) is 0 Å². The number of hydrogen-bond donors (Lipinski definition) is 1. The zero-order chi connectivity index (χ0) is 39.4. The van der Waals surface area contributed by atoms with E-state index in [4.69, 9.17) is 4.74 Å². The SMILES string of the molecule is CC1(C)C(/C=C/C=C/C=C2\N(CCC(=O)O)c3c(c4ccccc4c4ccccc34)C2(Cc2ccccc2)Cc2ccccc2)=[N+](CCOC=O)c2ccccc21. The summed E-state index contributed by atoms with van der Waals surface area (Å²) in [6, 6.07) is 47.0. The lowest BCUT2D eigenvalue weighted by Crippen LogP contribution is -2.36. The predicted molar refractivity (Wildman–Crippen MR) is 231 cm³/mol. The molecule has 0 aliphatic carbocycles. The molecule has 0 saturated carbocycles. The molecular weight excluding hydrogens is 705 g/mol. The lowest BCUT2D eigenvalue weighted by molar-refractivity contribution is -0.440. The third-order valence-electron chi connectivity index (χ3n) is 11.7. The number of carboxylic acid groups (broad SMARTS) is 1. The average Bonchev–Trinajstić information content (AvgIpc) is 3.61. The molecule has 0 aromatic heterocycles. The first kappa shape index (κ1) is 37.4. The Bertz CT molecular complexity index is 2540. The molecule has 6 heteroatoms. The molecule has 0 saturated heterocycles. The molecule has 1 N–H and O–H groups in total. The summed E-state index contributed by atoms with van der Waals surface area (Å²) in [7, 11) is 0. The first-order valence-corrected chi connectivity index (χ1v) is 19.7. The molecule has 0 bridgehead atoms. The van der Waals surface area contributed by atoms with Gasteiger partial charge in [0.25, 0.3) is 6.47 Å². The summed E-state index contributed by atoms with van der Waals surface area (Å²) in [5.41, 5.74) is 8.48. The molecule has 284 valence electrons. The van der Waals surface area contributed by atoms with Crippen molar-refractivity contribution < 1.29 is 24.0 Å². The maximum Gasteiger partial charge on any atom is 0.305 e. The number of aliphatic carboxylic acids is 1. The molecule has 6 aromatic carbocycles. The summed E-state index contributed by atoms with van der Waals surface area (Å²) in [6.07, 6.45) is 12.1. The fourth-order valence-electron chi connectivity index (χ4n) is 9.32. The van der Waals surface area contributed by atoms with Gasteiger partial charge in [0, 0.05) is 40.7 Å². The van der Waals surface area contributed by atoms with Gasteiger partial charge >= 0.3 is 5.97 Å². The van der Waals surface area contributed by atoms with Gasteiger partial charge in [-0.1, -0.05) is 146 Å². The number of carbonyl (C=O) groups is 2. The molecule has 2 aliphatic rings. The van der Waals surface area contributed by atoms with Gasteiger partial charge < -0.3 is 14.7 Å². The fraction of sp³-hybridized carbons (Fsp3) is 0.196. The summed E-state index contributed by atoms with van der Waals surface area (Å²) < 4.78 is 7.37. The molecule has 6 nitrogen and oxygen atoms in total. The van der Waals surface area contributed by atoms with Gasteiger partial charge in [-0.05, 0) is 65.6 Å². The molecule has 6 aromatic rings. The van der Waals surface area contributed by atoms with Crippen LogP contribution in [0.1, 0.15) is 42.5 Å². The minimum absolute atomic E-state index is 0.00802. The van der Waals surface area contributed by atoms with Crippen molar-refractivity contribution in [2.45, 2.75) is 43.9 Å². The van der Waals surface area contributed by atoms with Gasteiger partial charge in [0.2, 0.25) is 5.69 Å². The van der Waals surface area contributed by atoms with E-state index in [-0.39, 0.29) is 18.4 Å². The van der Waals surface area contributed by atoms with Crippen LogP contribution in [-0.4, -0.2) is 47.5 Å². The largest absolute Gasteiger partial charge is 0.481 e. The van der Waals surface area contributed by atoms with Crippen LogP contribution in [-0.2, 0) is 38.0 Å². The number of ether oxygens (including phenoxy) is 1. The van der Waals surface area contributed by atoms with Crippen molar-refractivity contribution in [3.8, 4) is 0 Å². The normalized spacial score (nSPS) is 16.2. The second-order valence-corrected chi connectivity index (χ2v) is 15.5. The third-order valence-corrected chi connectivity index (χ3v) is 11.7. The Labute approximate surface area is 334 Å². The van der Waals surface area contributed by atoms with Crippen molar-refractivity contribution in [3.63, 3.8) is 0 Å². The van der Waals surface area contributed by atoms with E-state index in [1.165, 1.54) is 33.0 Å². The van der Waals surface area contributed by atoms with Crippen LogP contribution in [0.15, 0.2) is 170 Å². The number of anilines is 1. The third kappa shape index (κ3) is 6.97. The minimum Gasteiger partial charge on any atom is -0.481 e. The molecule has 0 atom stereocenters. The summed E-state index contributed by atoms with van der Waals surface area (Å²) in [6.45, 7) is 6.12. The van der Waals surface area contributed by atoms with Gasteiger partial charge in [0.15, 0.2) is 12.3 Å². The molecule has 0 radical (unpaired) electrons. The zero-order valence-corrected chi connectivity index (χ0v) is 32.5. The average molecular weight is 752 g/mol. The summed E-state index contributed by atoms with van der Waals surface area (Å²) in [5.74, 6) is -0.830. The van der Waals surface area contributed by atoms with E-state index in [1.54, 1.807) is 0 Å². The number of carboxylic acids is 1. The lowest BCUT2D eigenvalue weighted by atomic mass is 9.69. The Morgan fingerprint density at radius 1 is 0.719 bits per heavy atom. The van der Waals surface area contributed by atoms with Gasteiger partial charge in [-0.2, -0.15) is 4.58 Å². The highest BCUT2D eigenvalue weighted by Crippen LogP contribution is 2.57.